The summed E-state index contributed by atoms with van der Waals surface area (Å²) in [5.41, 5.74) is 5.83. The van der Waals surface area contributed by atoms with Crippen LogP contribution in [0.5, 0.6) is 0 Å². The summed E-state index contributed by atoms with van der Waals surface area (Å²) in [7, 11) is 0. The van der Waals surface area contributed by atoms with Crippen LogP contribution >= 0.6 is 0 Å². The summed E-state index contributed by atoms with van der Waals surface area (Å²) in [4.78, 5) is 17.5. The van der Waals surface area contributed by atoms with E-state index in [9.17, 15) is 4.79 Å². The van der Waals surface area contributed by atoms with E-state index in [0.717, 1.165) is 49.8 Å². The van der Waals surface area contributed by atoms with Crippen molar-refractivity contribution in [3.8, 4) is 11.1 Å². The number of rotatable bonds is 6. The van der Waals surface area contributed by atoms with Gasteiger partial charge in [-0.05, 0) is 60.9 Å². The van der Waals surface area contributed by atoms with Crippen LogP contribution in [0.1, 0.15) is 49.4 Å². The van der Waals surface area contributed by atoms with Crippen molar-refractivity contribution < 1.29 is 4.79 Å². The summed E-state index contributed by atoms with van der Waals surface area (Å²) in [6, 6.07) is 14.7. The average Bonchev–Trinajstić information content (AvgIpc) is 3.48. The lowest BCUT2D eigenvalue weighted by atomic mass is 9.85. The highest BCUT2D eigenvalue weighted by molar-refractivity contribution is 5.95. The molecule has 3 fully saturated rings. The van der Waals surface area contributed by atoms with E-state index in [0.29, 0.717) is 5.41 Å². The fourth-order valence-electron chi connectivity index (χ4n) is 5.34. The van der Waals surface area contributed by atoms with E-state index in [1.54, 1.807) is 0 Å². The van der Waals surface area contributed by atoms with Crippen LogP contribution in [0.25, 0.3) is 22.0 Å². The molecule has 5 heteroatoms. The lowest BCUT2D eigenvalue weighted by molar-refractivity contribution is 0.0659. The lowest BCUT2D eigenvalue weighted by Gasteiger charge is -2.39. The molecule has 2 saturated carbocycles. The van der Waals surface area contributed by atoms with E-state index in [4.69, 9.17) is 0 Å². The normalized spacial score (nSPS) is 19.8. The minimum atomic E-state index is 0.128. The summed E-state index contributed by atoms with van der Waals surface area (Å²) >= 11 is 0. The molecule has 6 rings (SSSR count). The molecule has 1 amide bonds. The Bertz CT molecular complexity index is 1220. The van der Waals surface area contributed by atoms with Gasteiger partial charge in [0, 0.05) is 54.8 Å². The topological polar surface area (TPSA) is 41.4 Å². The zero-order chi connectivity index (χ0) is 23.3. The molecule has 5 nitrogen and oxygen atoms in total. The molecule has 1 aromatic heterocycles. The number of fused-ring (bicyclic) bond motifs is 1. The Balaban J connectivity index is 1.13. The van der Waals surface area contributed by atoms with Gasteiger partial charge in [0.2, 0.25) is 0 Å². The van der Waals surface area contributed by atoms with Crippen molar-refractivity contribution in [2.45, 2.75) is 45.6 Å². The second kappa shape index (κ2) is 8.30. The van der Waals surface area contributed by atoms with Gasteiger partial charge in [0.05, 0.1) is 11.7 Å². The summed E-state index contributed by atoms with van der Waals surface area (Å²) in [5.74, 6) is 0.900. The number of allylic oxidation sites excluding steroid dienone is 1. The number of carbonyl (C=O) groups excluding carboxylic acids is 1. The fourth-order valence-corrected chi connectivity index (χ4v) is 5.34. The molecule has 0 radical (unpaired) electrons. The van der Waals surface area contributed by atoms with Crippen LogP contribution in [0.15, 0.2) is 60.9 Å². The molecule has 1 aliphatic heterocycles. The third kappa shape index (κ3) is 3.91. The molecule has 2 heterocycles. The maximum Gasteiger partial charge on any atom is 0.253 e. The molecule has 1 saturated heterocycles. The number of amides is 1. The van der Waals surface area contributed by atoms with Crippen molar-refractivity contribution in [2.75, 3.05) is 26.2 Å². The molecule has 3 aromatic rings. The number of benzene rings is 2. The van der Waals surface area contributed by atoms with Crippen LogP contribution in [0.3, 0.4) is 0 Å². The standard InChI is InChI=1S/C29H34N4O/c1-21(29(2)12-13-29)31-14-16-32(17-15-31)28(34)24-8-6-23(7-9-24)25-10-11-26-19-30-33(27(26)18-25)20-22-4-3-5-22/h6-11,18-19,22H,1,3-5,12-17,20H2,2H3. The van der Waals surface area contributed by atoms with Gasteiger partial charge in [0.15, 0.2) is 0 Å². The van der Waals surface area contributed by atoms with E-state index in [-0.39, 0.29) is 5.91 Å². The predicted molar refractivity (Wildman–Crippen MR) is 136 cm³/mol. The Labute approximate surface area is 202 Å². The third-order valence-electron chi connectivity index (χ3n) is 8.41. The lowest BCUT2D eigenvalue weighted by Crippen LogP contribution is -2.48. The predicted octanol–water partition coefficient (Wildman–Crippen LogP) is 5.58. The molecular weight excluding hydrogens is 420 g/mol. The Morgan fingerprint density at radius 1 is 1.00 bits per heavy atom. The van der Waals surface area contributed by atoms with Gasteiger partial charge in [-0.1, -0.05) is 44.2 Å². The molecule has 0 N–H and O–H groups in total. The van der Waals surface area contributed by atoms with Crippen LogP contribution in [-0.4, -0.2) is 51.7 Å². The highest BCUT2D eigenvalue weighted by Gasteiger charge is 2.42. The van der Waals surface area contributed by atoms with Crippen molar-refractivity contribution in [1.29, 1.82) is 0 Å². The van der Waals surface area contributed by atoms with Crippen molar-refractivity contribution in [2.24, 2.45) is 11.3 Å². The fraction of sp³-hybridized carbons (Fsp3) is 0.448. The molecule has 2 aliphatic carbocycles. The van der Waals surface area contributed by atoms with Crippen molar-refractivity contribution in [1.82, 2.24) is 19.6 Å². The number of carbonyl (C=O) groups is 1. The van der Waals surface area contributed by atoms with Gasteiger partial charge >= 0.3 is 0 Å². The summed E-state index contributed by atoms with van der Waals surface area (Å²) in [6.45, 7) is 10.9. The van der Waals surface area contributed by atoms with Gasteiger partial charge in [-0.15, -0.1) is 0 Å². The van der Waals surface area contributed by atoms with E-state index < -0.39 is 0 Å². The second-order valence-corrected chi connectivity index (χ2v) is 10.8. The number of hydrogen-bond acceptors (Lipinski definition) is 3. The van der Waals surface area contributed by atoms with Crippen molar-refractivity contribution in [3.63, 3.8) is 0 Å². The number of nitrogens with zero attached hydrogens (tertiary/aromatic N) is 4. The molecule has 0 unspecified atom stereocenters. The number of hydrogen-bond donors (Lipinski definition) is 0. The molecule has 176 valence electrons. The number of aromatic nitrogens is 2. The highest BCUT2D eigenvalue weighted by Crippen LogP contribution is 2.51. The van der Waals surface area contributed by atoms with Crippen LogP contribution in [-0.2, 0) is 6.54 Å². The zero-order valence-electron chi connectivity index (χ0n) is 20.2. The van der Waals surface area contributed by atoms with Crippen molar-refractivity contribution in [3.05, 3.63) is 66.5 Å². The Morgan fingerprint density at radius 2 is 1.68 bits per heavy atom. The van der Waals surface area contributed by atoms with E-state index >= 15 is 0 Å². The quantitative estimate of drug-likeness (QED) is 0.489. The summed E-state index contributed by atoms with van der Waals surface area (Å²) in [5, 5.41) is 5.82. The Morgan fingerprint density at radius 3 is 2.32 bits per heavy atom. The molecular formula is C29H34N4O. The van der Waals surface area contributed by atoms with E-state index in [1.165, 1.54) is 54.3 Å². The molecule has 34 heavy (non-hydrogen) atoms. The minimum Gasteiger partial charge on any atom is -0.371 e. The van der Waals surface area contributed by atoms with Crippen LogP contribution in [0, 0.1) is 11.3 Å². The number of piperazine rings is 1. The van der Waals surface area contributed by atoms with Crippen molar-refractivity contribution >= 4 is 16.8 Å². The van der Waals surface area contributed by atoms with Gasteiger partial charge in [0.25, 0.3) is 5.91 Å². The SMILES string of the molecule is C=C(N1CCN(C(=O)c2ccc(-c3ccc4cnn(CC5CCC5)c4c3)cc2)CC1)C1(C)CC1. The summed E-state index contributed by atoms with van der Waals surface area (Å²) in [6.07, 6.45) is 8.45. The van der Waals surface area contributed by atoms with Gasteiger partial charge in [0.1, 0.15) is 0 Å². The van der Waals surface area contributed by atoms with Gasteiger partial charge in [-0.25, -0.2) is 0 Å². The molecule has 2 aromatic carbocycles. The smallest absolute Gasteiger partial charge is 0.253 e. The summed E-state index contributed by atoms with van der Waals surface area (Å²) < 4.78 is 2.17. The highest BCUT2D eigenvalue weighted by atomic mass is 16.2. The largest absolute Gasteiger partial charge is 0.371 e. The van der Waals surface area contributed by atoms with Gasteiger partial charge < -0.3 is 9.80 Å². The second-order valence-electron chi connectivity index (χ2n) is 10.8. The van der Waals surface area contributed by atoms with Crippen LogP contribution in [0.2, 0.25) is 0 Å². The zero-order valence-corrected chi connectivity index (χ0v) is 20.2. The molecule has 0 bridgehead atoms. The van der Waals surface area contributed by atoms with Crippen LogP contribution in [0.4, 0.5) is 0 Å². The first-order chi connectivity index (χ1) is 16.5. The molecule has 3 aliphatic rings. The van der Waals surface area contributed by atoms with Crippen LogP contribution < -0.4 is 0 Å². The average molecular weight is 455 g/mol. The maximum atomic E-state index is 13.1. The Hall–Kier alpha value is -3.08. The Kier molecular flexibility index (Phi) is 5.23. The molecule has 0 spiro atoms. The first-order valence-electron chi connectivity index (χ1n) is 12.8. The molecule has 0 atom stereocenters. The van der Waals surface area contributed by atoms with Gasteiger partial charge in [-0.3, -0.25) is 9.48 Å². The minimum absolute atomic E-state index is 0.128. The monoisotopic (exact) mass is 454 g/mol. The third-order valence-corrected chi connectivity index (χ3v) is 8.41. The first kappa shape index (κ1) is 21.5. The van der Waals surface area contributed by atoms with Gasteiger partial charge in [-0.2, -0.15) is 5.10 Å². The van der Waals surface area contributed by atoms with E-state index in [1.807, 2.05) is 23.2 Å². The first-order valence-corrected chi connectivity index (χ1v) is 12.8. The van der Waals surface area contributed by atoms with E-state index in [2.05, 4.69) is 58.5 Å². The maximum absolute atomic E-state index is 13.1.